The van der Waals surface area contributed by atoms with Gasteiger partial charge in [0.2, 0.25) is 0 Å². The first-order valence-electron chi connectivity index (χ1n) is 12.8. The summed E-state index contributed by atoms with van der Waals surface area (Å²) < 4.78 is 63.0. The van der Waals surface area contributed by atoms with Crippen molar-refractivity contribution in [3.63, 3.8) is 0 Å². The lowest BCUT2D eigenvalue weighted by molar-refractivity contribution is -0.184. The largest absolute Gasteiger partial charge is 0.391 e. The number of pyridine rings is 1. The molecule has 0 saturated heterocycles. The van der Waals surface area contributed by atoms with Crippen LogP contribution in [0.25, 0.3) is 0 Å². The highest BCUT2D eigenvalue weighted by molar-refractivity contribution is 7.91. The molecule has 1 aliphatic heterocycles. The van der Waals surface area contributed by atoms with Crippen molar-refractivity contribution in [1.29, 1.82) is 0 Å². The third kappa shape index (κ3) is 5.90. The molecule has 2 aromatic heterocycles. The summed E-state index contributed by atoms with van der Waals surface area (Å²) in [6, 6.07) is 4.38. The first-order chi connectivity index (χ1) is 17.8. The van der Waals surface area contributed by atoms with Gasteiger partial charge in [0, 0.05) is 17.6 Å². The Kier molecular flexibility index (Phi) is 8.23. The summed E-state index contributed by atoms with van der Waals surface area (Å²) in [5, 5.41) is 2.77. The van der Waals surface area contributed by atoms with E-state index in [0.29, 0.717) is 35.5 Å². The van der Waals surface area contributed by atoms with Crippen LogP contribution in [0, 0.1) is 17.8 Å². The van der Waals surface area contributed by atoms with Crippen LogP contribution in [-0.2, 0) is 16.4 Å². The molecule has 7 nitrogen and oxygen atoms in total. The van der Waals surface area contributed by atoms with Crippen molar-refractivity contribution in [2.45, 2.75) is 70.1 Å². The Balaban J connectivity index is 1.40. The first kappa shape index (κ1) is 28.5. The summed E-state index contributed by atoms with van der Waals surface area (Å²) in [6.07, 6.45) is -1.80. The molecule has 0 radical (unpaired) electrons. The van der Waals surface area contributed by atoms with Crippen LogP contribution in [0.15, 0.2) is 29.3 Å². The predicted molar refractivity (Wildman–Crippen MR) is 138 cm³/mol. The van der Waals surface area contributed by atoms with E-state index >= 15 is 0 Å². The third-order valence-corrected chi connectivity index (χ3v) is 10.4. The number of carbonyl (C=O) groups is 2. The van der Waals surface area contributed by atoms with E-state index in [0.717, 1.165) is 4.88 Å². The second-order valence-corrected chi connectivity index (χ2v) is 13.7. The highest BCUT2D eigenvalue weighted by Crippen LogP contribution is 2.46. The fourth-order valence-electron chi connectivity index (χ4n) is 5.26. The van der Waals surface area contributed by atoms with Crippen molar-refractivity contribution < 1.29 is 31.2 Å². The summed E-state index contributed by atoms with van der Waals surface area (Å²) in [5.41, 5.74) is 0.982. The number of hydrogen-bond acceptors (Lipinski definition) is 6. The van der Waals surface area contributed by atoms with Crippen molar-refractivity contribution in [3.05, 3.63) is 45.4 Å². The summed E-state index contributed by atoms with van der Waals surface area (Å²) in [4.78, 5) is 33.4. The van der Waals surface area contributed by atoms with E-state index in [4.69, 9.17) is 0 Å². The van der Waals surface area contributed by atoms with Crippen molar-refractivity contribution in [2.24, 2.45) is 17.8 Å². The summed E-state index contributed by atoms with van der Waals surface area (Å²) >= 11 is 1.26. The molecule has 1 N–H and O–H groups in total. The molecule has 0 aromatic carbocycles. The molecule has 3 heterocycles. The lowest BCUT2D eigenvalue weighted by Gasteiger charge is -2.35. The van der Waals surface area contributed by atoms with Crippen LogP contribution in [0.4, 0.5) is 13.2 Å². The van der Waals surface area contributed by atoms with Gasteiger partial charge in [-0.05, 0) is 55.7 Å². The van der Waals surface area contributed by atoms with Crippen molar-refractivity contribution >= 4 is 33.0 Å². The Morgan fingerprint density at radius 2 is 1.89 bits per heavy atom. The minimum absolute atomic E-state index is 0.0273. The number of rotatable bonds is 8. The molecule has 1 aliphatic carbocycles. The minimum Gasteiger partial charge on any atom is -0.346 e. The van der Waals surface area contributed by atoms with Crippen LogP contribution in [0.5, 0.6) is 0 Å². The van der Waals surface area contributed by atoms with Crippen molar-refractivity contribution in [1.82, 2.24) is 15.2 Å². The maximum absolute atomic E-state index is 13.3. The van der Waals surface area contributed by atoms with Crippen LogP contribution in [0.2, 0.25) is 0 Å². The van der Waals surface area contributed by atoms with Crippen LogP contribution in [0.1, 0.15) is 83.1 Å². The van der Waals surface area contributed by atoms with E-state index in [1.54, 1.807) is 24.0 Å². The number of nitrogens with one attached hydrogen (secondary N) is 1. The molecule has 0 unspecified atom stereocenters. The maximum Gasteiger partial charge on any atom is 0.391 e. The van der Waals surface area contributed by atoms with Gasteiger partial charge in [-0.15, -0.1) is 11.3 Å². The topological polar surface area (TPSA) is 96.4 Å². The molecule has 12 heteroatoms. The van der Waals surface area contributed by atoms with Gasteiger partial charge < -0.3 is 10.2 Å². The fraction of sp³-hybridized carbons (Fsp3) is 0.577. The van der Waals surface area contributed by atoms with Gasteiger partial charge in [-0.25, -0.2) is 8.42 Å². The zero-order valence-electron chi connectivity index (χ0n) is 21.5. The van der Waals surface area contributed by atoms with E-state index in [1.165, 1.54) is 23.6 Å². The molecular weight excluding hydrogens is 539 g/mol. The van der Waals surface area contributed by atoms with Gasteiger partial charge in [-0.3, -0.25) is 14.6 Å². The number of alkyl halides is 3. The molecule has 208 valence electrons. The summed E-state index contributed by atoms with van der Waals surface area (Å²) in [7, 11) is -3.36. The Bertz CT molecular complexity index is 1280. The highest BCUT2D eigenvalue weighted by Gasteiger charge is 2.44. The molecule has 38 heavy (non-hydrogen) atoms. The zero-order chi connectivity index (χ0) is 27.8. The lowest BCUT2D eigenvalue weighted by atomic mass is 9.81. The van der Waals surface area contributed by atoms with Crippen molar-refractivity contribution in [3.8, 4) is 0 Å². The normalized spacial score (nSPS) is 22.1. The van der Waals surface area contributed by atoms with E-state index in [9.17, 15) is 31.2 Å². The quantitative estimate of drug-likeness (QED) is 0.459. The minimum atomic E-state index is -4.16. The van der Waals surface area contributed by atoms with Crippen molar-refractivity contribution in [2.75, 3.05) is 12.3 Å². The Hall–Kier alpha value is -2.47. The number of amides is 2. The number of aromatic nitrogens is 1. The number of fused-ring (bicyclic) bond motifs is 1. The molecular formula is C26H32F3N3O4S2. The SMILES string of the molecule is CCS(=O)(=O)c1ccc(CNC(=O)c2cc3c(s2)[C@H](C(C)C)N(CC2CCC(C(F)(F)F)CC2)C3=O)nc1. The molecule has 1 fully saturated rings. The molecule has 2 amide bonds. The second kappa shape index (κ2) is 11.0. The Labute approximate surface area is 224 Å². The van der Waals surface area contributed by atoms with E-state index < -0.39 is 21.9 Å². The second-order valence-electron chi connectivity index (χ2n) is 10.4. The molecule has 4 rings (SSSR count). The Morgan fingerprint density at radius 3 is 2.45 bits per heavy atom. The zero-order valence-corrected chi connectivity index (χ0v) is 23.2. The van der Waals surface area contributed by atoms with Crippen LogP contribution >= 0.6 is 11.3 Å². The molecule has 0 bridgehead atoms. The number of nitrogens with zero attached hydrogens (tertiary/aromatic N) is 2. The van der Waals surface area contributed by atoms with Gasteiger partial charge >= 0.3 is 6.18 Å². The van der Waals surface area contributed by atoms with Crippen LogP contribution in [-0.4, -0.2) is 48.6 Å². The van der Waals surface area contributed by atoms with E-state index in [2.05, 4.69) is 10.3 Å². The molecule has 1 atom stereocenters. The highest BCUT2D eigenvalue weighted by atomic mass is 32.2. The molecule has 2 aromatic rings. The van der Waals surface area contributed by atoms with Crippen LogP contribution < -0.4 is 5.32 Å². The fourth-order valence-corrected chi connectivity index (χ4v) is 7.44. The number of hydrogen-bond donors (Lipinski definition) is 1. The number of thiophene rings is 1. The van der Waals surface area contributed by atoms with Crippen LogP contribution in [0.3, 0.4) is 0 Å². The molecule has 1 saturated carbocycles. The molecule has 2 aliphatic rings. The van der Waals surface area contributed by atoms with E-state index in [-0.39, 0.29) is 59.7 Å². The number of carbonyl (C=O) groups excluding carboxylic acids is 2. The van der Waals surface area contributed by atoms with Gasteiger partial charge in [0.1, 0.15) is 0 Å². The monoisotopic (exact) mass is 571 g/mol. The summed E-state index contributed by atoms with van der Waals surface area (Å²) in [5.74, 6) is -1.72. The van der Waals surface area contributed by atoms with Gasteiger partial charge in [0.15, 0.2) is 9.84 Å². The van der Waals surface area contributed by atoms with Gasteiger partial charge in [-0.2, -0.15) is 13.2 Å². The molecule has 0 spiro atoms. The average molecular weight is 572 g/mol. The standard InChI is InChI=1S/C26H32F3N3O4S2/c1-4-38(35,36)19-10-9-18(30-13-19)12-31-24(33)21-11-20-23(37-21)22(15(2)3)32(25(20)34)14-16-5-7-17(8-6-16)26(27,28)29/h9-11,13,15-17,22H,4-8,12,14H2,1-3H3,(H,31,33)/t16?,17?,22-/m0/s1. The van der Waals surface area contributed by atoms with Gasteiger partial charge in [0.25, 0.3) is 11.8 Å². The summed E-state index contributed by atoms with van der Waals surface area (Å²) in [6.45, 7) is 6.06. The Morgan fingerprint density at radius 1 is 1.21 bits per heavy atom. The number of halogens is 3. The van der Waals surface area contributed by atoms with Gasteiger partial charge in [0.05, 0.1) is 45.3 Å². The predicted octanol–water partition coefficient (Wildman–Crippen LogP) is 5.39. The van der Waals surface area contributed by atoms with Gasteiger partial charge in [-0.1, -0.05) is 20.8 Å². The maximum atomic E-state index is 13.3. The first-order valence-corrected chi connectivity index (χ1v) is 15.3. The number of sulfone groups is 1. The lowest BCUT2D eigenvalue weighted by Crippen LogP contribution is -2.37. The smallest absolute Gasteiger partial charge is 0.346 e. The average Bonchev–Trinajstić information content (AvgIpc) is 3.41. The van der Waals surface area contributed by atoms with E-state index in [1.807, 2.05) is 13.8 Å². The third-order valence-electron chi connectivity index (χ3n) is 7.44.